The van der Waals surface area contributed by atoms with Gasteiger partial charge in [0.2, 0.25) is 5.91 Å². The summed E-state index contributed by atoms with van der Waals surface area (Å²) in [6, 6.07) is 14.3. The minimum Gasteiger partial charge on any atom is -0.462 e. The fraction of sp³-hybridized carbons (Fsp3) is 0.217. The number of aromatic nitrogens is 3. The summed E-state index contributed by atoms with van der Waals surface area (Å²) in [5.41, 5.74) is 1.67. The Bertz CT molecular complexity index is 1320. The van der Waals surface area contributed by atoms with Gasteiger partial charge in [0.25, 0.3) is 0 Å². The number of furan rings is 1. The molecule has 170 valence electrons. The van der Waals surface area contributed by atoms with E-state index in [1.165, 1.54) is 11.8 Å². The quantitative estimate of drug-likeness (QED) is 0.245. The lowest BCUT2D eigenvalue weighted by Crippen LogP contribution is -2.15. The second-order valence-corrected chi connectivity index (χ2v) is 9.07. The first kappa shape index (κ1) is 23.1. The van der Waals surface area contributed by atoms with Crippen LogP contribution in [0.4, 0.5) is 5.69 Å². The largest absolute Gasteiger partial charge is 0.462 e. The van der Waals surface area contributed by atoms with Gasteiger partial charge in [0.05, 0.1) is 17.9 Å². The van der Waals surface area contributed by atoms with Gasteiger partial charge in [-0.2, -0.15) is 0 Å². The van der Waals surface area contributed by atoms with Crippen LogP contribution in [0.3, 0.4) is 0 Å². The second kappa shape index (κ2) is 10.2. The van der Waals surface area contributed by atoms with Crippen molar-refractivity contribution < 1.29 is 18.7 Å². The number of hydrogen-bond acceptors (Lipinski definition) is 7. The zero-order valence-corrected chi connectivity index (χ0v) is 20.4. The van der Waals surface area contributed by atoms with Gasteiger partial charge in [-0.1, -0.05) is 40.7 Å². The molecule has 0 aliphatic rings. The van der Waals surface area contributed by atoms with Gasteiger partial charge in [0, 0.05) is 22.6 Å². The van der Waals surface area contributed by atoms with E-state index in [2.05, 4.69) is 31.4 Å². The van der Waals surface area contributed by atoms with Gasteiger partial charge < -0.3 is 19.0 Å². The van der Waals surface area contributed by atoms with Crippen LogP contribution in [0.2, 0.25) is 0 Å². The van der Waals surface area contributed by atoms with Crippen molar-refractivity contribution in [2.75, 3.05) is 17.7 Å². The van der Waals surface area contributed by atoms with Crippen LogP contribution in [-0.4, -0.2) is 39.0 Å². The second-order valence-electron chi connectivity index (χ2n) is 7.21. The Morgan fingerprint density at radius 1 is 1.18 bits per heavy atom. The number of nitrogens with zero attached hydrogens (tertiary/aromatic N) is 3. The molecule has 33 heavy (non-hydrogen) atoms. The average Bonchev–Trinajstić information content (AvgIpc) is 3.38. The minimum atomic E-state index is -0.410. The zero-order chi connectivity index (χ0) is 23.4. The average molecular weight is 529 g/mol. The first-order valence-electron chi connectivity index (χ1n) is 10.2. The molecule has 0 atom stereocenters. The van der Waals surface area contributed by atoms with Gasteiger partial charge in [-0.3, -0.25) is 4.79 Å². The van der Waals surface area contributed by atoms with Gasteiger partial charge in [0.1, 0.15) is 5.58 Å². The van der Waals surface area contributed by atoms with Crippen LogP contribution >= 0.6 is 27.7 Å². The number of halogens is 1. The number of amides is 1. The summed E-state index contributed by atoms with van der Waals surface area (Å²) in [5.74, 6) is 0.664. The molecule has 4 rings (SSSR count). The third-order valence-electron chi connectivity index (χ3n) is 4.69. The van der Waals surface area contributed by atoms with Crippen molar-refractivity contribution in [3.05, 3.63) is 58.6 Å². The first-order valence-corrected chi connectivity index (χ1v) is 12.0. The van der Waals surface area contributed by atoms with Crippen molar-refractivity contribution in [1.82, 2.24) is 14.8 Å². The highest BCUT2D eigenvalue weighted by molar-refractivity contribution is 9.10. The number of ether oxygens (including phenoxy) is 1. The number of benzene rings is 2. The van der Waals surface area contributed by atoms with Crippen LogP contribution in [0, 0.1) is 0 Å². The predicted molar refractivity (Wildman–Crippen MR) is 130 cm³/mol. The standard InChI is InChI=1S/C23H21BrN4O4S/c1-3-9-31-22(30)14-5-4-6-17(11-14)25-20(29)13-33-23-27-26-21(28(23)2)19-12-15-10-16(24)7-8-18(15)32-19/h4-8,10-12H,3,9,13H2,1-2H3,(H,25,29). The SMILES string of the molecule is CCCOC(=O)c1cccc(NC(=O)CSc2nnc(-c3cc4cc(Br)ccc4o3)n2C)c1. The third kappa shape index (κ3) is 5.45. The summed E-state index contributed by atoms with van der Waals surface area (Å²) in [6.45, 7) is 2.29. The van der Waals surface area contributed by atoms with E-state index < -0.39 is 5.97 Å². The number of thioether (sulfide) groups is 1. The first-order chi connectivity index (χ1) is 15.9. The molecule has 0 unspecified atom stereocenters. The number of rotatable bonds is 8. The molecule has 1 amide bonds. The van der Waals surface area contributed by atoms with E-state index in [1.807, 2.05) is 38.2 Å². The van der Waals surface area contributed by atoms with E-state index >= 15 is 0 Å². The molecule has 2 heterocycles. The minimum absolute atomic E-state index is 0.129. The summed E-state index contributed by atoms with van der Waals surface area (Å²) in [5, 5.41) is 12.7. The Kier molecular flexibility index (Phi) is 7.14. The number of nitrogens with one attached hydrogen (secondary N) is 1. The highest BCUT2D eigenvalue weighted by Crippen LogP contribution is 2.30. The molecule has 0 aliphatic carbocycles. The van der Waals surface area contributed by atoms with Crippen LogP contribution in [0.25, 0.3) is 22.6 Å². The third-order valence-corrected chi connectivity index (χ3v) is 6.20. The number of hydrogen-bond donors (Lipinski definition) is 1. The molecule has 1 N–H and O–H groups in total. The Hall–Kier alpha value is -3.11. The van der Waals surface area contributed by atoms with Crippen molar-refractivity contribution in [2.24, 2.45) is 7.05 Å². The van der Waals surface area contributed by atoms with Gasteiger partial charge in [-0.05, 0) is 48.9 Å². The van der Waals surface area contributed by atoms with Crippen LogP contribution in [0.1, 0.15) is 23.7 Å². The molecule has 0 aliphatic heterocycles. The lowest BCUT2D eigenvalue weighted by atomic mass is 10.2. The topological polar surface area (TPSA) is 99.2 Å². The molecule has 0 spiro atoms. The molecular formula is C23H21BrN4O4S. The van der Waals surface area contributed by atoms with Gasteiger partial charge in [-0.25, -0.2) is 4.79 Å². The molecule has 2 aromatic carbocycles. The van der Waals surface area contributed by atoms with Crippen molar-refractivity contribution in [3.63, 3.8) is 0 Å². The van der Waals surface area contributed by atoms with Crippen molar-refractivity contribution in [2.45, 2.75) is 18.5 Å². The molecule has 2 aromatic heterocycles. The number of carbonyl (C=O) groups is 2. The zero-order valence-electron chi connectivity index (χ0n) is 18.0. The number of anilines is 1. The molecule has 0 radical (unpaired) electrons. The summed E-state index contributed by atoms with van der Waals surface area (Å²) in [7, 11) is 1.82. The molecule has 10 heteroatoms. The molecule has 8 nitrogen and oxygen atoms in total. The monoisotopic (exact) mass is 528 g/mol. The van der Waals surface area contributed by atoms with E-state index in [-0.39, 0.29) is 11.7 Å². The Labute approximate surface area is 202 Å². The van der Waals surface area contributed by atoms with E-state index in [9.17, 15) is 9.59 Å². The van der Waals surface area contributed by atoms with Gasteiger partial charge in [-0.15, -0.1) is 10.2 Å². The highest BCUT2D eigenvalue weighted by Gasteiger charge is 2.17. The number of fused-ring (bicyclic) bond motifs is 1. The van der Waals surface area contributed by atoms with Crippen molar-refractivity contribution in [1.29, 1.82) is 0 Å². The number of carbonyl (C=O) groups excluding carboxylic acids is 2. The maximum atomic E-state index is 12.4. The Balaban J connectivity index is 1.39. The molecule has 0 bridgehead atoms. The summed E-state index contributed by atoms with van der Waals surface area (Å²) >= 11 is 4.71. The lowest BCUT2D eigenvalue weighted by Gasteiger charge is -2.07. The normalized spacial score (nSPS) is 11.0. The predicted octanol–water partition coefficient (Wildman–Crippen LogP) is 5.29. The summed E-state index contributed by atoms with van der Waals surface area (Å²) in [6.07, 6.45) is 0.747. The fourth-order valence-electron chi connectivity index (χ4n) is 3.11. The van der Waals surface area contributed by atoms with E-state index in [0.29, 0.717) is 34.6 Å². The van der Waals surface area contributed by atoms with Crippen LogP contribution in [0.15, 0.2) is 62.6 Å². The summed E-state index contributed by atoms with van der Waals surface area (Å²) in [4.78, 5) is 24.5. The molecule has 0 fully saturated rings. The van der Waals surface area contributed by atoms with Crippen molar-refractivity contribution >= 4 is 56.2 Å². The molecular weight excluding hydrogens is 508 g/mol. The Morgan fingerprint density at radius 2 is 2.03 bits per heavy atom. The highest BCUT2D eigenvalue weighted by atomic mass is 79.9. The van der Waals surface area contributed by atoms with Crippen LogP contribution < -0.4 is 5.32 Å². The molecule has 0 saturated carbocycles. The number of esters is 1. The maximum absolute atomic E-state index is 12.4. The molecule has 4 aromatic rings. The van der Waals surface area contributed by atoms with E-state index in [1.54, 1.807) is 28.8 Å². The Morgan fingerprint density at radius 3 is 2.85 bits per heavy atom. The van der Waals surface area contributed by atoms with Gasteiger partial charge in [0.15, 0.2) is 16.7 Å². The van der Waals surface area contributed by atoms with E-state index in [0.717, 1.165) is 21.9 Å². The summed E-state index contributed by atoms with van der Waals surface area (Å²) < 4.78 is 13.8. The van der Waals surface area contributed by atoms with Gasteiger partial charge >= 0.3 is 5.97 Å². The maximum Gasteiger partial charge on any atom is 0.338 e. The van der Waals surface area contributed by atoms with Crippen LogP contribution in [-0.2, 0) is 16.6 Å². The smallest absolute Gasteiger partial charge is 0.338 e. The fourth-order valence-corrected chi connectivity index (χ4v) is 4.20. The lowest BCUT2D eigenvalue weighted by molar-refractivity contribution is -0.113. The van der Waals surface area contributed by atoms with Crippen molar-refractivity contribution in [3.8, 4) is 11.6 Å². The molecule has 0 saturated heterocycles. The van der Waals surface area contributed by atoms with E-state index in [4.69, 9.17) is 9.15 Å². The van der Waals surface area contributed by atoms with Crippen LogP contribution in [0.5, 0.6) is 0 Å².